The highest BCUT2D eigenvalue weighted by atomic mass is 32.1. The number of thiazole rings is 1. The molecule has 0 radical (unpaired) electrons. The third-order valence-electron chi connectivity index (χ3n) is 2.52. The fraction of sp³-hybridized carbons (Fsp3) is 0.308. The summed E-state index contributed by atoms with van der Waals surface area (Å²) in [4.78, 5) is 4.37. The molecule has 1 aromatic heterocycles. The fourth-order valence-corrected chi connectivity index (χ4v) is 2.39. The molecule has 0 bridgehead atoms. The summed E-state index contributed by atoms with van der Waals surface area (Å²) < 4.78 is 0. The van der Waals surface area contributed by atoms with Gasteiger partial charge in [-0.3, -0.25) is 5.43 Å². The zero-order valence-electron chi connectivity index (χ0n) is 10.1. The summed E-state index contributed by atoms with van der Waals surface area (Å²) in [6.45, 7) is 4.46. The average Bonchev–Trinajstić information content (AvgIpc) is 2.78. The highest BCUT2D eigenvalue weighted by molar-refractivity contribution is 7.14. The van der Waals surface area contributed by atoms with Crippen LogP contribution in [0, 0.1) is 5.92 Å². The molecule has 0 aliphatic carbocycles. The minimum atomic E-state index is 0.688. The number of rotatable bonds is 4. The SMILES string of the molecule is CC(C)Cc1ccc(-c2csc(NN)n2)cc1. The van der Waals surface area contributed by atoms with Crippen molar-refractivity contribution in [2.75, 3.05) is 5.43 Å². The van der Waals surface area contributed by atoms with Crippen LogP contribution in [0.25, 0.3) is 11.3 Å². The molecule has 0 fully saturated rings. The van der Waals surface area contributed by atoms with Crippen molar-refractivity contribution in [3.8, 4) is 11.3 Å². The van der Waals surface area contributed by atoms with Crippen LogP contribution in [0.5, 0.6) is 0 Å². The van der Waals surface area contributed by atoms with Crippen LogP contribution < -0.4 is 11.3 Å². The Morgan fingerprint density at radius 1 is 1.29 bits per heavy atom. The molecule has 3 nitrogen and oxygen atoms in total. The number of aromatic nitrogens is 1. The normalized spacial score (nSPS) is 10.8. The van der Waals surface area contributed by atoms with Crippen molar-refractivity contribution in [3.05, 3.63) is 35.2 Å². The van der Waals surface area contributed by atoms with Gasteiger partial charge in [-0.1, -0.05) is 38.1 Å². The summed E-state index contributed by atoms with van der Waals surface area (Å²) in [6, 6.07) is 8.58. The molecule has 0 saturated carbocycles. The predicted molar refractivity (Wildman–Crippen MR) is 73.9 cm³/mol. The summed E-state index contributed by atoms with van der Waals surface area (Å²) in [5, 5.41) is 2.75. The second-order valence-corrected chi connectivity index (χ2v) is 5.34. The molecule has 0 saturated heterocycles. The third kappa shape index (κ3) is 3.05. The van der Waals surface area contributed by atoms with Gasteiger partial charge in [0.15, 0.2) is 5.13 Å². The summed E-state index contributed by atoms with van der Waals surface area (Å²) in [6.07, 6.45) is 1.12. The van der Waals surface area contributed by atoms with Crippen LogP contribution in [0.15, 0.2) is 29.6 Å². The van der Waals surface area contributed by atoms with E-state index in [1.807, 2.05) is 5.38 Å². The first-order chi connectivity index (χ1) is 8.19. The van der Waals surface area contributed by atoms with E-state index >= 15 is 0 Å². The van der Waals surface area contributed by atoms with E-state index in [9.17, 15) is 0 Å². The lowest BCUT2D eigenvalue weighted by molar-refractivity contribution is 0.647. The molecule has 2 aromatic rings. The topological polar surface area (TPSA) is 50.9 Å². The second-order valence-electron chi connectivity index (χ2n) is 4.48. The Morgan fingerprint density at radius 3 is 2.53 bits per heavy atom. The fourth-order valence-electron chi connectivity index (χ4n) is 1.76. The zero-order chi connectivity index (χ0) is 12.3. The van der Waals surface area contributed by atoms with Crippen LogP contribution in [0.2, 0.25) is 0 Å². The van der Waals surface area contributed by atoms with E-state index in [1.54, 1.807) is 0 Å². The molecule has 17 heavy (non-hydrogen) atoms. The van der Waals surface area contributed by atoms with Gasteiger partial charge in [-0.15, -0.1) is 11.3 Å². The monoisotopic (exact) mass is 247 g/mol. The molecule has 1 aromatic carbocycles. The van der Waals surface area contributed by atoms with Crippen molar-refractivity contribution >= 4 is 16.5 Å². The molecular formula is C13H17N3S. The van der Waals surface area contributed by atoms with E-state index in [1.165, 1.54) is 16.9 Å². The van der Waals surface area contributed by atoms with Crippen molar-refractivity contribution in [3.63, 3.8) is 0 Å². The first kappa shape index (κ1) is 12.1. The van der Waals surface area contributed by atoms with E-state index in [-0.39, 0.29) is 0 Å². The Morgan fingerprint density at radius 2 is 2.00 bits per heavy atom. The molecule has 0 spiro atoms. The summed E-state index contributed by atoms with van der Waals surface area (Å²) >= 11 is 1.51. The molecule has 3 N–H and O–H groups in total. The molecule has 0 amide bonds. The molecule has 0 aliphatic rings. The lowest BCUT2D eigenvalue weighted by Crippen LogP contribution is -2.05. The van der Waals surface area contributed by atoms with Crippen molar-refractivity contribution in [2.45, 2.75) is 20.3 Å². The van der Waals surface area contributed by atoms with Crippen molar-refractivity contribution < 1.29 is 0 Å². The smallest absolute Gasteiger partial charge is 0.197 e. The van der Waals surface area contributed by atoms with Gasteiger partial charge in [0.1, 0.15) is 0 Å². The molecule has 0 aliphatic heterocycles. The number of hydrazine groups is 1. The van der Waals surface area contributed by atoms with E-state index < -0.39 is 0 Å². The highest BCUT2D eigenvalue weighted by Gasteiger charge is 2.04. The third-order valence-corrected chi connectivity index (χ3v) is 3.29. The van der Waals surface area contributed by atoms with Crippen LogP contribution in [0.1, 0.15) is 19.4 Å². The average molecular weight is 247 g/mol. The quantitative estimate of drug-likeness (QED) is 0.644. The van der Waals surface area contributed by atoms with Crippen LogP contribution in [-0.2, 0) is 6.42 Å². The maximum absolute atomic E-state index is 5.32. The Balaban J connectivity index is 2.17. The minimum Gasteiger partial charge on any atom is -0.300 e. The lowest BCUT2D eigenvalue weighted by Gasteiger charge is -2.05. The second kappa shape index (κ2) is 5.29. The van der Waals surface area contributed by atoms with E-state index in [2.05, 4.69) is 48.5 Å². The number of nitrogens with one attached hydrogen (secondary N) is 1. The minimum absolute atomic E-state index is 0.688. The Bertz CT molecular complexity index is 474. The molecule has 0 unspecified atom stereocenters. The number of hydrogen-bond acceptors (Lipinski definition) is 4. The van der Waals surface area contributed by atoms with Crippen LogP contribution in [0.4, 0.5) is 5.13 Å². The molecule has 0 atom stereocenters. The number of hydrogen-bond donors (Lipinski definition) is 2. The van der Waals surface area contributed by atoms with Crippen molar-refractivity contribution in [1.82, 2.24) is 4.98 Å². The summed E-state index contributed by atoms with van der Waals surface area (Å²) in [5.74, 6) is 6.01. The summed E-state index contributed by atoms with van der Waals surface area (Å²) in [7, 11) is 0. The van der Waals surface area contributed by atoms with Crippen molar-refractivity contribution in [2.24, 2.45) is 11.8 Å². The van der Waals surface area contributed by atoms with Gasteiger partial charge in [0.2, 0.25) is 0 Å². The molecular weight excluding hydrogens is 230 g/mol. The van der Waals surface area contributed by atoms with Crippen molar-refractivity contribution in [1.29, 1.82) is 0 Å². The Kier molecular flexibility index (Phi) is 3.76. The number of nitrogen functional groups attached to an aromatic ring is 1. The van der Waals surface area contributed by atoms with Gasteiger partial charge in [-0.05, 0) is 17.9 Å². The Hall–Kier alpha value is -1.39. The lowest BCUT2D eigenvalue weighted by atomic mass is 10.0. The first-order valence-corrected chi connectivity index (χ1v) is 6.58. The number of anilines is 1. The maximum Gasteiger partial charge on any atom is 0.197 e. The van der Waals surface area contributed by atoms with Gasteiger partial charge in [0.05, 0.1) is 5.69 Å². The molecule has 2 rings (SSSR count). The standard InChI is InChI=1S/C13H17N3S/c1-9(2)7-10-3-5-11(6-4-10)12-8-17-13(15-12)16-14/h3-6,8-9H,7,14H2,1-2H3,(H,15,16). The zero-order valence-corrected chi connectivity index (χ0v) is 10.9. The molecule has 4 heteroatoms. The van der Waals surface area contributed by atoms with Crippen LogP contribution in [-0.4, -0.2) is 4.98 Å². The van der Waals surface area contributed by atoms with Crippen LogP contribution >= 0.6 is 11.3 Å². The Labute approximate surface area is 106 Å². The number of nitrogens with two attached hydrogens (primary N) is 1. The predicted octanol–water partition coefficient (Wildman–Crippen LogP) is 3.29. The first-order valence-electron chi connectivity index (χ1n) is 5.70. The van der Waals surface area contributed by atoms with E-state index in [0.29, 0.717) is 5.92 Å². The number of nitrogens with zero attached hydrogens (tertiary/aromatic N) is 1. The highest BCUT2D eigenvalue weighted by Crippen LogP contribution is 2.24. The van der Waals surface area contributed by atoms with E-state index in [4.69, 9.17) is 5.84 Å². The van der Waals surface area contributed by atoms with Gasteiger partial charge in [-0.2, -0.15) is 0 Å². The van der Waals surface area contributed by atoms with E-state index in [0.717, 1.165) is 22.8 Å². The van der Waals surface area contributed by atoms with Gasteiger partial charge < -0.3 is 0 Å². The largest absolute Gasteiger partial charge is 0.300 e. The van der Waals surface area contributed by atoms with Gasteiger partial charge in [0, 0.05) is 10.9 Å². The van der Waals surface area contributed by atoms with Gasteiger partial charge in [0.25, 0.3) is 0 Å². The molecule has 90 valence electrons. The maximum atomic E-state index is 5.32. The summed E-state index contributed by atoms with van der Waals surface area (Å²) in [5.41, 5.74) is 6.04. The number of benzene rings is 1. The van der Waals surface area contributed by atoms with Gasteiger partial charge in [-0.25, -0.2) is 10.8 Å². The van der Waals surface area contributed by atoms with Crippen LogP contribution in [0.3, 0.4) is 0 Å². The molecule has 1 heterocycles. The van der Waals surface area contributed by atoms with Gasteiger partial charge >= 0.3 is 0 Å².